The summed E-state index contributed by atoms with van der Waals surface area (Å²) in [6.45, 7) is 0.374. The number of hydrogen-bond donors (Lipinski definition) is 3. The maximum atomic E-state index is 11.9. The highest BCUT2D eigenvalue weighted by Gasteiger charge is 2.45. The molecule has 25 heavy (non-hydrogen) atoms. The first-order valence-corrected chi connectivity index (χ1v) is 8.58. The highest BCUT2D eigenvalue weighted by molar-refractivity contribution is 5.94. The number of nitrogens with one attached hydrogen (secondary N) is 2. The molecule has 3 rings (SSSR count). The van der Waals surface area contributed by atoms with Crippen LogP contribution in [0.4, 0.5) is 5.69 Å². The van der Waals surface area contributed by atoms with Crippen molar-refractivity contribution in [1.82, 2.24) is 5.32 Å². The number of aryl methyl sites for hydroxylation is 1. The van der Waals surface area contributed by atoms with Crippen LogP contribution < -0.4 is 15.4 Å². The summed E-state index contributed by atoms with van der Waals surface area (Å²) in [5.41, 5.74) is 0.812. The van der Waals surface area contributed by atoms with Gasteiger partial charge in [0.1, 0.15) is 11.3 Å². The molecule has 1 heterocycles. The number of fused-ring (bicyclic) bond motifs is 1. The molecule has 1 aliphatic heterocycles. The van der Waals surface area contributed by atoms with Crippen LogP contribution in [-0.2, 0) is 20.8 Å². The molecule has 0 saturated heterocycles. The van der Waals surface area contributed by atoms with Crippen molar-refractivity contribution in [3.05, 3.63) is 23.8 Å². The average molecular weight is 346 g/mol. The first-order chi connectivity index (χ1) is 12.0. The minimum atomic E-state index is -1.05. The summed E-state index contributed by atoms with van der Waals surface area (Å²) in [7, 11) is 0. The molecule has 0 atom stereocenters. The molecule has 0 bridgehead atoms. The van der Waals surface area contributed by atoms with Crippen LogP contribution in [0.5, 0.6) is 5.75 Å². The number of amides is 2. The zero-order valence-corrected chi connectivity index (χ0v) is 14.0. The number of carbonyl (C=O) groups is 3. The molecule has 1 aliphatic carbocycles. The van der Waals surface area contributed by atoms with Crippen molar-refractivity contribution >= 4 is 23.5 Å². The fraction of sp³-hybridized carbons (Fsp3) is 0.500. The zero-order chi connectivity index (χ0) is 17.9. The molecule has 1 aromatic rings. The summed E-state index contributed by atoms with van der Waals surface area (Å²) in [6, 6.07) is 5.52. The van der Waals surface area contributed by atoms with Crippen molar-refractivity contribution < 1.29 is 24.2 Å². The van der Waals surface area contributed by atoms with E-state index >= 15 is 0 Å². The summed E-state index contributed by atoms with van der Waals surface area (Å²) in [5.74, 6) is -0.475. The molecule has 1 saturated carbocycles. The van der Waals surface area contributed by atoms with Crippen molar-refractivity contribution in [2.45, 2.75) is 50.5 Å². The molecule has 2 amide bonds. The number of rotatable bonds is 7. The van der Waals surface area contributed by atoms with Gasteiger partial charge >= 0.3 is 5.97 Å². The van der Waals surface area contributed by atoms with Crippen LogP contribution in [0.15, 0.2) is 18.2 Å². The average Bonchev–Trinajstić information content (AvgIpc) is 2.54. The molecule has 1 aromatic carbocycles. The Morgan fingerprint density at radius 2 is 2.08 bits per heavy atom. The van der Waals surface area contributed by atoms with Crippen LogP contribution in [0.3, 0.4) is 0 Å². The molecule has 2 aliphatic rings. The summed E-state index contributed by atoms with van der Waals surface area (Å²) >= 11 is 0. The Hall–Kier alpha value is -2.57. The van der Waals surface area contributed by atoms with E-state index in [1.165, 1.54) is 0 Å². The van der Waals surface area contributed by atoms with Crippen LogP contribution in [0.2, 0.25) is 0 Å². The van der Waals surface area contributed by atoms with Gasteiger partial charge in [-0.15, -0.1) is 0 Å². The quantitative estimate of drug-likeness (QED) is 0.654. The minimum Gasteiger partial charge on any atom is -0.494 e. The lowest BCUT2D eigenvalue weighted by Crippen LogP contribution is -2.59. The van der Waals surface area contributed by atoms with Crippen molar-refractivity contribution in [3.63, 3.8) is 0 Å². The van der Waals surface area contributed by atoms with Crippen LogP contribution in [0.25, 0.3) is 0 Å². The molecule has 0 unspecified atom stereocenters. The van der Waals surface area contributed by atoms with Crippen molar-refractivity contribution in [2.24, 2.45) is 0 Å². The van der Waals surface area contributed by atoms with Crippen LogP contribution in [0.1, 0.15) is 44.1 Å². The van der Waals surface area contributed by atoms with E-state index in [0.717, 1.165) is 17.7 Å². The number of benzene rings is 1. The van der Waals surface area contributed by atoms with Gasteiger partial charge < -0.3 is 20.5 Å². The fourth-order valence-corrected chi connectivity index (χ4v) is 3.12. The Bertz CT molecular complexity index is 697. The maximum absolute atomic E-state index is 11.9. The van der Waals surface area contributed by atoms with E-state index < -0.39 is 11.5 Å². The van der Waals surface area contributed by atoms with Gasteiger partial charge in [-0.3, -0.25) is 9.59 Å². The SMILES string of the molecule is O=C1CCc2cc(OCCCC(=O)NC3(C(=O)O)CCC3)ccc2N1. The third kappa shape index (κ3) is 3.92. The maximum Gasteiger partial charge on any atom is 0.329 e. The predicted octanol–water partition coefficient (Wildman–Crippen LogP) is 1.85. The Balaban J connectivity index is 1.42. The largest absolute Gasteiger partial charge is 0.494 e. The molecule has 7 heteroatoms. The van der Waals surface area contributed by atoms with Crippen LogP contribution >= 0.6 is 0 Å². The Labute approximate surface area is 145 Å². The fourth-order valence-electron chi connectivity index (χ4n) is 3.12. The summed E-state index contributed by atoms with van der Waals surface area (Å²) in [4.78, 5) is 34.5. The third-order valence-corrected chi connectivity index (χ3v) is 4.78. The number of anilines is 1. The first kappa shape index (κ1) is 17.3. The number of carboxylic acids is 1. The van der Waals surface area contributed by atoms with E-state index in [1.807, 2.05) is 12.1 Å². The molecule has 134 valence electrons. The lowest BCUT2D eigenvalue weighted by atomic mass is 9.76. The standard InChI is InChI=1S/C18H22N2O5/c21-15-7-4-12-11-13(5-6-14(12)19-15)25-10-1-3-16(22)20-18(17(23)24)8-2-9-18/h5-6,11H,1-4,7-10H2,(H,19,21)(H,20,22)(H,23,24). The van der Waals surface area contributed by atoms with Gasteiger partial charge in [0.25, 0.3) is 0 Å². The number of hydrogen-bond acceptors (Lipinski definition) is 4. The monoisotopic (exact) mass is 346 g/mol. The first-order valence-electron chi connectivity index (χ1n) is 8.58. The van der Waals surface area contributed by atoms with Crippen LogP contribution in [-0.4, -0.2) is 35.0 Å². The van der Waals surface area contributed by atoms with E-state index in [4.69, 9.17) is 4.74 Å². The van der Waals surface area contributed by atoms with Gasteiger partial charge in [0.15, 0.2) is 0 Å². The number of carbonyl (C=O) groups excluding carboxylic acids is 2. The molecular weight excluding hydrogens is 324 g/mol. The number of carboxylic acid groups (broad SMARTS) is 1. The number of ether oxygens (including phenoxy) is 1. The molecule has 0 spiro atoms. The molecule has 1 fully saturated rings. The van der Waals surface area contributed by atoms with E-state index in [2.05, 4.69) is 10.6 Å². The lowest BCUT2D eigenvalue weighted by molar-refractivity contribution is -0.151. The van der Waals surface area contributed by atoms with Crippen molar-refractivity contribution in [3.8, 4) is 5.75 Å². The molecular formula is C18H22N2O5. The Morgan fingerprint density at radius 3 is 2.76 bits per heavy atom. The molecule has 7 nitrogen and oxygen atoms in total. The van der Waals surface area contributed by atoms with E-state index in [1.54, 1.807) is 6.07 Å². The van der Waals surface area contributed by atoms with Crippen molar-refractivity contribution in [1.29, 1.82) is 0 Å². The summed E-state index contributed by atoms with van der Waals surface area (Å²) < 4.78 is 5.66. The number of aliphatic carboxylic acids is 1. The Morgan fingerprint density at radius 1 is 1.28 bits per heavy atom. The lowest BCUT2D eigenvalue weighted by Gasteiger charge is -2.38. The van der Waals surface area contributed by atoms with Gasteiger partial charge in [-0.05, 0) is 55.9 Å². The second-order valence-corrected chi connectivity index (χ2v) is 6.61. The van der Waals surface area contributed by atoms with Gasteiger partial charge in [0.05, 0.1) is 6.61 Å². The third-order valence-electron chi connectivity index (χ3n) is 4.78. The summed E-state index contributed by atoms with van der Waals surface area (Å²) in [5, 5.41) is 14.7. The highest BCUT2D eigenvalue weighted by Crippen LogP contribution is 2.32. The predicted molar refractivity (Wildman–Crippen MR) is 90.5 cm³/mol. The van der Waals surface area contributed by atoms with Gasteiger partial charge in [-0.2, -0.15) is 0 Å². The normalized spacial score (nSPS) is 17.7. The van der Waals surface area contributed by atoms with E-state index in [-0.39, 0.29) is 18.2 Å². The summed E-state index contributed by atoms with van der Waals surface area (Å²) in [6.07, 6.45) is 3.73. The minimum absolute atomic E-state index is 0.0257. The van der Waals surface area contributed by atoms with Gasteiger partial charge in [0.2, 0.25) is 11.8 Å². The smallest absolute Gasteiger partial charge is 0.329 e. The Kier molecular flexibility index (Phi) is 4.92. The topological polar surface area (TPSA) is 105 Å². The van der Waals surface area contributed by atoms with Gasteiger partial charge in [-0.1, -0.05) is 0 Å². The van der Waals surface area contributed by atoms with E-state index in [9.17, 15) is 19.5 Å². The van der Waals surface area contributed by atoms with Crippen LogP contribution in [0, 0.1) is 0 Å². The second-order valence-electron chi connectivity index (χ2n) is 6.61. The van der Waals surface area contributed by atoms with E-state index in [0.29, 0.717) is 44.5 Å². The highest BCUT2D eigenvalue weighted by atomic mass is 16.5. The zero-order valence-electron chi connectivity index (χ0n) is 14.0. The molecule has 0 aromatic heterocycles. The molecule has 3 N–H and O–H groups in total. The second kappa shape index (κ2) is 7.13. The van der Waals surface area contributed by atoms with Gasteiger partial charge in [0, 0.05) is 18.5 Å². The van der Waals surface area contributed by atoms with Gasteiger partial charge in [-0.25, -0.2) is 4.79 Å². The molecule has 0 radical (unpaired) electrons. The van der Waals surface area contributed by atoms with Crippen molar-refractivity contribution in [2.75, 3.05) is 11.9 Å².